The minimum Gasteiger partial charge on any atom is -0.282 e. The normalized spacial score (nSPS) is 10.5. The van der Waals surface area contributed by atoms with Gasteiger partial charge in [0.15, 0.2) is 0 Å². The van der Waals surface area contributed by atoms with Gasteiger partial charge in [-0.05, 0) is 18.6 Å². The van der Waals surface area contributed by atoms with Crippen LogP contribution >= 0.6 is 0 Å². The fraction of sp³-hybridized carbons (Fsp3) is 0.143. The zero-order valence-corrected chi connectivity index (χ0v) is 8.10. The Labute approximate surface area is 81.5 Å². The maximum absolute atomic E-state index is 10.6. The number of rotatable bonds is 1. The second-order valence-electron chi connectivity index (χ2n) is 2.24. The molecule has 0 saturated heterocycles. The first-order valence-electron chi connectivity index (χ1n) is 3.05. The van der Waals surface area contributed by atoms with Gasteiger partial charge in [-0.1, -0.05) is 18.2 Å². The van der Waals surface area contributed by atoms with E-state index in [9.17, 15) is 8.42 Å². The van der Waals surface area contributed by atoms with E-state index in [1.54, 1.807) is 25.1 Å². The summed E-state index contributed by atoms with van der Waals surface area (Å²) in [6, 6.07) is 6.27. The molecule has 0 unspecified atom stereocenters. The van der Waals surface area contributed by atoms with Gasteiger partial charge in [0, 0.05) is 16.5 Å². The van der Waals surface area contributed by atoms with Crippen molar-refractivity contribution in [1.82, 2.24) is 0 Å². The van der Waals surface area contributed by atoms with E-state index in [1.807, 2.05) is 0 Å². The van der Waals surface area contributed by atoms with E-state index in [-0.39, 0.29) is 21.4 Å². The molecular weight excluding hydrogens is 223 g/mol. The molecule has 1 rings (SSSR count). The molecule has 1 aromatic rings. The average molecular weight is 231 g/mol. The molecule has 0 aromatic heterocycles. The van der Waals surface area contributed by atoms with Crippen LogP contribution in [0.3, 0.4) is 0 Å². The Kier molecular flexibility index (Phi) is 3.90. The van der Waals surface area contributed by atoms with Gasteiger partial charge >= 0.3 is 0 Å². The zero-order valence-electron chi connectivity index (χ0n) is 6.30. The summed E-state index contributed by atoms with van der Waals surface area (Å²) < 4.78 is 29.9. The number of hydrogen-bond acceptors (Lipinski definition) is 2. The van der Waals surface area contributed by atoms with Gasteiger partial charge in [-0.25, -0.2) is 0 Å². The van der Waals surface area contributed by atoms with Crippen molar-refractivity contribution in [3.05, 3.63) is 29.8 Å². The van der Waals surface area contributed by atoms with Crippen molar-refractivity contribution in [1.29, 1.82) is 0 Å². The second-order valence-corrected chi connectivity index (χ2v) is 3.63. The summed E-state index contributed by atoms with van der Waals surface area (Å²) in [7, 11) is -4.03. The molecule has 0 aliphatic rings. The third-order valence-electron chi connectivity index (χ3n) is 1.37. The van der Waals surface area contributed by atoms with Crippen LogP contribution in [0.2, 0.25) is 0 Å². The molecule has 1 N–H and O–H groups in total. The Bertz CT molecular complexity index is 359. The molecule has 0 amide bonds. The van der Waals surface area contributed by atoms with E-state index in [0.29, 0.717) is 5.56 Å². The van der Waals surface area contributed by atoms with Crippen molar-refractivity contribution in [3.63, 3.8) is 0 Å². The van der Waals surface area contributed by atoms with Crippen molar-refractivity contribution in [2.45, 2.75) is 11.8 Å². The Morgan fingerprint density at radius 3 is 2.08 bits per heavy atom. The molecule has 12 heavy (non-hydrogen) atoms. The van der Waals surface area contributed by atoms with E-state index in [4.69, 9.17) is 4.55 Å². The summed E-state index contributed by atoms with van der Waals surface area (Å²) in [4.78, 5) is -0.0278. The smallest absolute Gasteiger partial charge is 0.282 e. The Hall–Kier alpha value is -0.376. The molecular formula is C7H8NiO3S. The zero-order chi connectivity index (χ0) is 8.48. The van der Waals surface area contributed by atoms with E-state index >= 15 is 0 Å². The third kappa shape index (κ3) is 2.59. The van der Waals surface area contributed by atoms with Crippen molar-refractivity contribution < 1.29 is 29.5 Å². The first-order valence-corrected chi connectivity index (χ1v) is 4.49. The van der Waals surface area contributed by atoms with E-state index in [2.05, 4.69) is 0 Å². The van der Waals surface area contributed by atoms with Gasteiger partial charge in [-0.15, -0.1) is 0 Å². The van der Waals surface area contributed by atoms with E-state index in [1.165, 1.54) is 6.07 Å². The van der Waals surface area contributed by atoms with Gasteiger partial charge in [-0.2, -0.15) is 8.42 Å². The quantitative estimate of drug-likeness (QED) is 0.584. The van der Waals surface area contributed by atoms with Gasteiger partial charge in [0.25, 0.3) is 10.1 Å². The third-order valence-corrected chi connectivity index (χ3v) is 2.39. The molecule has 0 spiro atoms. The molecule has 0 heterocycles. The van der Waals surface area contributed by atoms with Crippen LogP contribution in [0.5, 0.6) is 0 Å². The van der Waals surface area contributed by atoms with Crippen molar-refractivity contribution in [3.8, 4) is 0 Å². The summed E-state index contributed by atoms with van der Waals surface area (Å²) in [6.07, 6.45) is 0. The average Bonchev–Trinajstić information content (AvgIpc) is 1.86. The maximum atomic E-state index is 10.6. The molecule has 0 bridgehead atoms. The first-order chi connectivity index (χ1) is 5.02. The molecule has 0 atom stereocenters. The summed E-state index contributed by atoms with van der Waals surface area (Å²) in [5.74, 6) is 0. The van der Waals surface area contributed by atoms with Gasteiger partial charge < -0.3 is 0 Å². The number of aryl methyl sites for hydroxylation is 1. The summed E-state index contributed by atoms with van der Waals surface area (Å²) in [5.41, 5.74) is 0.551. The van der Waals surface area contributed by atoms with E-state index in [0.717, 1.165) is 0 Å². The number of hydrogen-bond donors (Lipinski definition) is 1. The largest absolute Gasteiger partial charge is 0.294 e. The monoisotopic (exact) mass is 230 g/mol. The van der Waals surface area contributed by atoms with Crippen LogP contribution in [0.15, 0.2) is 29.2 Å². The van der Waals surface area contributed by atoms with Gasteiger partial charge in [0.1, 0.15) is 0 Å². The molecule has 1 aromatic carbocycles. The standard InChI is InChI=1S/C7H8O3S.Ni/c1-6-4-2-3-5-7(6)11(8,9)10;/h2-5H,1H3,(H,8,9,10);. The van der Waals surface area contributed by atoms with Crippen LogP contribution in [0, 0.1) is 6.92 Å². The SMILES string of the molecule is Cc1ccccc1S(=O)(=O)O.[Ni]. The molecule has 0 radical (unpaired) electrons. The van der Waals surface area contributed by atoms with Crippen molar-refractivity contribution in [2.24, 2.45) is 0 Å². The summed E-state index contributed by atoms with van der Waals surface area (Å²) in [6.45, 7) is 1.63. The second kappa shape index (κ2) is 4.03. The Morgan fingerprint density at radius 2 is 1.75 bits per heavy atom. The van der Waals surface area contributed by atoms with Crippen LogP contribution in [0.4, 0.5) is 0 Å². The Balaban J connectivity index is 0.00000121. The molecule has 0 fully saturated rings. The van der Waals surface area contributed by atoms with Crippen LogP contribution < -0.4 is 0 Å². The maximum Gasteiger partial charge on any atom is 0.294 e. The van der Waals surface area contributed by atoms with E-state index < -0.39 is 10.1 Å². The topological polar surface area (TPSA) is 54.4 Å². The predicted octanol–water partition coefficient (Wildman–Crippen LogP) is 1.24. The van der Waals surface area contributed by atoms with Gasteiger partial charge in [0.05, 0.1) is 4.90 Å². The van der Waals surface area contributed by atoms with Crippen LogP contribution in [-0.4, -0.2) is 13.0 Å². The van der Waals surface area contributed by atoms with Crippen LogP contribution in [-0.2, 0) is 26.6 Å². The Morgan fingerprint density at radius 1 is 1.25 bits per heavy atom. The van der Waals surface area contributed by atoms with Gasteiger partial charge in [-0.3, -0.25) is 4.55 Å². The predicted molar refractivity (Wildman–Crippen MR) is 41.0 cm³/mol. The molecule has 3 nitrogen and oxygen atoms in total. The summed E-state index contributed by atoms with van der Waals surface area (Å²) in [5, 5.41) is 0. The minimum atomic E-state index is -4.03. The fourth-order valence-electron chi connectivity index (χ4n) is 0.846. The van der Waals surface area contributed by atoms with Gasteiger partial charge in [0.2, 0.25) is 0 Å². The fourth-order valence-corrected chi connectivity index (χ4v) is 1.57. The molecule has 5 heteroatoms. The molecule has 0 saturated carbocycles. The first kappa shape index (κ1) is 11.6. The summed E-state index contributed by atoms with van der Waals surface area (Å²) >= 11 is 0. The molecule has 0 aliphatic carbocycles. The number of benzene rings is 1. The van der Waals surface area contributed by atoms with Crippen LogP contribution in [0.1, 0.15) is 5.56 Å². The van der Waals surface area contributed by atoms with Crippen molar-refractivity contribution >= 4 is 10.1 Å². The minimum absolute atomic E-state index is 0. The molecule has 0 aliphatic heterocycles. The van der Waals surface area contributed by atoms with Crippen LogP contribution in [0.25, 0.3) is 0 Å². The van der Waals surface area contributed by atoms with Crippen molar-refractivity contribution in [2.75, 3.05) is 0 Å². The molecule has 70 valence electrons.